The molecule has 1 amide bonds. The van der Waals surface area contributed by atoms with Crippen LogP contribution < -0.4 is 14.8 Å². The second kappa shape index (κ2) is 5.60. The van der Waals surface area contributed by atoms with Crippen LogP contribution in [0.25, 0.3) is 10.9 Å². The fraction of sp³-hybridized carbons (Fsp3) is 0.375. The lowest BCUT2D eigenvalue weighted by Crippen LogP contribution is -2.30. The van der Waals surface area contributed by atoms with Gasteiger partial charge >= 0.3 is 0 Å². The fourth-order valence-corrected chi connectivity index (χ4v) is 2.19. The van der Waals surface area contributed by atoms with Crippen molar-refractivity contribution in [2.45, 2.75) is 25.8 Å². The van der Waals surface area contributed by atoms with Crippen molar-refractivity contribution in [3.63, 3.8) is 0 Å². The molecule has 0 aliphatic heterocycles. The number of benzene rings is 1. The highest BCUT2D eigenvalue weighted by Crippen LogP contribution is 2.29. The summed E-state index contributed by atoms with van der Waals surface area (Å²) >= 11 is 0. The summed E-state index contributed by atoms with van der Waals surface area (Å²) in [5.41, 5.74) is 1.68. The third-order valence-corrected chi connectivity index (χ3v) is 3.41. The number of hydrogen-bond acceptors (Lipinski definition) is 4. The van der Waals surface area contributed by atoms with Gasteiger partial charge in [-0.15, -0.1) is 0 Å². The predicted octanol–water partition coefficient (Wildman–Crippen LogP) is 2.21. The number of aromatic nitrogens is 1. The van der Waals surface area contributed by atoms with Crippen LogP contribution in [0.4, 0.5) is 0 Å². The van der Waals surface area contributed by atoms with E-state index < -0.39 is 0 Å². The minimum Gasteiger partial charge on any atom is -0.497 e. The Morgan fingerprint density at radius 1 is 1.38 bits per heavy atom. The summed E-state index contributed by atoms with van der Waals surface area (Å²) in [7, 11) is 1.62. The lowest BCUT2D eigenvalue weighted by molar-refractivity contribution is -0.123. The Morgan fingerprint density at radius 3 is 2.90 bits per heavy atom. The molecule has 21 heavy (non-hydrogen) atoms. The van der Waals surface area contributed by atoms with Gasteiger partial charge in [-0.25, -0.2) is 0 Å². The number of ether oxygens (including phenoxy) is 2. The fourth-order valence-electron chi connectivity index (χ4n) is 2.19. The Morgan fingerprint density at radius 2 is 2.19 bits per heavy atom. The largest absolute Gasteiger partial charge is 0.497 e. The molecule has 1 heterocycles. The molecule has 0 saturated heterocycles. The molecule has 0 atom stereocenters. The monoisotopic (exact) mass is 286 g/mol. The number of carbonyl (C=O) groups excluding carboxylic acids is 1. The Hall–Kier alpha value is -2.30. The van der Waals surface area contributed by atoms with E-state index in [1.807, 2.05) is 31.2 Å². The minimum atomic E-state index is -0.0805. The molecule has 1 aromatic carbocycles. The highest BCUT2D eigenvalue weighted by molar-refractivity contribution is 5.87. The summed E-state index contributed by atoms with van der Waals surface area (Å²) in [6, 6.07) is 7.80. The van der Waals surface area contributed by atoms with E-state index in [0.717, 1.165) is 35.2 Å². The maximum atomic E-state index is 11.7. The molecule has 0 unspecified atom stereocenters. The quantitative estimate of drug-likeness (QED) is 0.915. The van der Waals surface area contributed by atoms with Crippen molar-refractivity contribution in [2.75, 3.05) is 13.7 Å². The van der Waals surface area contributed by atoms with E-state index in [0.29, 0.717) is 11.8 Å². The van der Waals surface area contributed by atoms with Gasteiger partial charge in [-0.2, -0.15) is 0 Å². The SMILES string of the molecule is COc1ccc2nc(C)cc(OCC(=O)NC3CC3)c2c1. The van der Waals surface area contributed by atoms with Crippen LogP contribution in [0.3, 0.4) is 0 Å². The Kier molecular flexibility index (Phi) is 3.64. The number of nitrogens with zero attached hydrogens (tertiary/aromatic N) is 1. The molecule has 0 spiro atoms. The van der Waals surface area contributed by atoms with Crippen LogP contribution >= 0.6 is 0 Å². The second-order valence-corrected chi connectivity index (χ2v) is 5.28. The van der Waals surface area contributed by atoms with E-state index in [4.69, 9.17) is 9.47 Å². The molecule has 1 saturated carbocycles. The standard InChI is InChI=1S/C16H18N2O3/c1-10-7-15(21-9-16(19)18-11-3-4-11)13-8-12(20-2)5-6-14(13)17-10/h5-8,11H,3-4,9H2,1-2H3,(H,18,19). The van der Waals surface area contributed by atoms with Gasteiger partial charge in [0.05, 0.1) is 12.6 Å². The lowest BCUT2D eigenvalue weighted by atomic mass is 10.1. The van der Waals surface area contributed by atoms with Gasteiger partial charge in [0, 0.05) is 23.2 Å². The zero-order chi connectivity index (χ0) is 14.8. The first kappa shape index (κ1) is 13.7. The van der Waals surface area contributed by atoms with Crippen LogP contribution in [0.2, 0.25) is 0 Å². The Labute approximate surface area is 123 Å². The number of fused-ring (bicyclic) bond motifs is 1. The van der Waals surface area contributed by atoms with Crippen LogP contribution in [-0.2, 0) is 4.79 Å². The number of nitrogens with one attached hydrogen (secondary N) is 1. The number of pyridine rings is 1. The molecule has 1 aliphatic rings. The second-order valence-electron chi connectivity index (χ2n) is 5.28. The van der Waals surface area contributed by atoms with Gasteiger partial charge in [0.15, 0.2) is 6.61 Å². The number of aryl methyl sites for hydroxylation is 1. The van der Waals surface area contributed by atoms with E-state index in [1.54, 1.807) is 7.11 Å². The zero-order valence-electron chi connectivity index (χ0n) is 12.2. The first-order valence-electron chi connectivity index (χ1n) is 7.03. The molecule has 1 fully saturated rings. The third-order valence-electron chi connectivity index (χ3n) is 3.41. The van der Waals surface area contributed by atoms with Gasteiger partial charge in [0.1, 0.15) is 11.5 Å². The van der Waals surface area contributed by atoms with Gasteiger partial charge in [-0.1, -0.05) is 0 Å². The molecule has 1 aliphatic carbocycles. The molecule has 0 bridgehead atoms. The summed E-state index contributed by atoms with van der Waals surface area (Å²) in [6.45, 7) is 1.92. The molecule has 110 valence electrons. The van der Waals surface area contributed by atoms with Crippen molar-refractivity contribution in [3.05, 3.63) is 30.0 Å². The van der Waals surface area contributed by atoms with Crippen LogP contribution in [0.5, 0.6) is 11.5 Å². The first-order valence-corrected chi connectivity index (χ1v) is 7.03. The molecular weight excluding hydrogens is 268 g/mol. The molecule has 2 aromatic rings. The van der Waals surface area contributed by atoms with Crippen LogP contribution in [0, 0.1) is 6.92 Å². The minimum absolute atomic E-state index is 0.0201. The van der Waals surface area contributed by atoms with Crippen LogP contribution in [-0.4, -0.2) is 30.6 Å². The van der Waals surface area contributed by atoms with E-state index in [2.05, 4.69) is 10.3 Å². The van der Waals surface area contributed by atoms with E-state index in [9.17, 15) is 4.79 Å². The van der Waals surface area contributed by atoms with Crippen molar-refractivity contribution in [1.82, 2.24) is 10.3 Å². The van der Waals surface area contributed by atoms with Crippen molar-refractivity contribution >= 4 is 16.8 Å². The third kappa shape index (κ3) is 3.24. The van der Waals surface area contributed by atoms with Crippen LogP contribution in [0.1, 0.15) is 18.5 Å². The Bertz CT molecular complexity index is 681. The van der Waals surface area contributed by atoms with Crippen LogP contribution in [0.15, 0.2) is 24.3 Å². The molecule has 0 radical (unpaired) electrons. The van der Waals surface area contributed by atoms with Gasteiger partial charge in [0.2, 0.25) is 0 Å². The molecule has 3 rings (SSSR count). The molecule has 5 heteroatoms. The van der Waals surface area contributed by atoms with Gasteiger partial charge in [-0.05, 0) is 38.0 Å². The van der Waals surface area contributed by atoms with Crippen molar-refractivity contribution < 1.29 is 14.3 Å². The first-order chi connectivity index (χ1) is 10.2. The maximum absolute atomic E-state index is 11.7. The number of amides is 1. The predicted molar refractivity (Wildman–Crippen MR) is 79.7 cm³/mol. The van der Waals surface area contributed by atoms with Gasteiger partial charge in [-0.3, -0.25) is 9.78 Å². The highest BCUT2D eigenvalue weighted by Gasteiger charge is 2.23. The average molecular weight is 286 g/mol. The Balaban J connectivity index is 1.83. The highest BCUT2D eigenvalue weighted by atomic mass is 16.5. The number of hydrogen-bond donors (Lipinski definition) is 1. The summed E-state index contributed by atoms with van der Waals surface area (Å²) in [5.74, 6) is 1.31. The average Bonchev–Trinajstić information content (AvgIpc) is 3.28. The van der Waals surface area contributed by atoms with Gasteiger partial charge in [0.25, 0.3) is 5.91 Å². The normalized spacial score (nSPS) is 14.0. The number of carbonyl (C=O) groups is 1. The molecular formula is C16H18N2O3. The smallest absolute Gasteiger partial charge is 0.258 e. The zero-order valence-corrected chi connectivity index (χ0v) is 12.2. The van der Waals surface area contributed by atoms with Crippen molar-refractivity contribution in [3.8, 4) is 11.5 Å². The number of methoxy groups -OCH3 is 1. The number of rotatable bonds is 5. The summed E-state index contributed by atoms with van der Waals surface area (Å²) in [4.78, 5) is 16.2. The molecule has 1 N–H and O–H groups in total. The van der Waals surface area contributed by atoms with E-state index >= 15 is 0 Å². The van der Waals surface area contributed by atoms with Gasteiger partial charge < -0.3 is 14.8 Å². The molecule has 1 aromatic heterocycles. The van der Waals surface area contributed by atoms with Crippen molar-refractivity contribution in [1.29, 1.82) is 0 Å². The summed E-state index contributed by atoms with van der Waals surface area (Å²) in [6.07, 6.45) is 2.14. The van der Waals surface area contributed by atoms with Crippen molar-refractivity contribution in [2.24, 2.45) is 0 Å². The summed E-state index contributed by atoms with van der Waals surface area (Å²) < 4.78 is 10.9. The van der Waals surface area contributed by atoms with E-state index in [1.165, 1.54) is 0 Å². The topological polar surface area (TPSA) is 60.5 Å². The molecule has 5 nitrogen and oxygen atoms in total. The maximum Gasteiger partial charge on any atom is 0.258 e. The summed E-state index contributed by atoms with van der Waals surface area (Å²) in [5, 5.41) is 3.75. The lowest BCUT2D eigenvalue weighted by Gasteiger charge is -2.11. The van der Waals surface area contributed by atoms with E-state index in [-0.39, 0.29) is 12.5 Å².